The third-order valence-electron chi connectivity index (χ3n) is 6.33. The van der Waals surface area contributed by atoms with Gasteiger partial charge in [0.2, 0.25) is 15.9 Å². The number of anilines is 1. The van der Waals surface area contributed by atoms with Crippen LogP contribution in [0.4, 0.5) is 5.69 Å². The number of sulfonamides is 1. The van der Waals surface area contributed by atoms with Crippen molar-refractivity contribution in [3.63, 3.8) is 0 Å². The number of oxazole rings is 1. The van der Waals surface area contributed by atoms with Gasteiger partial charge in [-0.15, -0.1) is 0 Å². The van der Waals surface area contributed by atoms with E-state index in [9.17, 15) is 13.2 Å². The Morgan fingerprint density at radius 2 is 1.80 bits per heavy atom. The van der Waals surface area contributed by atoms with Gasteiger partial charge < -0.3 is 13.8 Å². The second-order valence-electron chi connectivity index (χ2n) is 8.72. The Hall–Kier alpha value is -3.44. The van der Waals surface area contributed by atoms with Crippen molar-refractivity contribution in [3.05, 3.63) is 69.8 Å². The number of aryl methyl sites for hydroxylation is 3. The van der Waals surface area contributed by atoms with Crippen LogP contribution in [0.2, 0.25) is 0 Å². The molecule has 1 saturated heterocycles. The highest BCUT2D eigenvalue weighted by Crippen LogP contribution is 2.26. The molecule has 35 heavy (non-hydrogen) atoms. The Morgan fingerprint density at radius 1 is 1.03 bits per heavy atom. The summed E-state index contributed by atoms with van der Waals surface area (Å²) in [5, 5.41) is 3.87. The van der Waals surface area contributed by atoms with E-state index in [1.54, 1.807) is 6.07 Å². The number of hydrogen-bond donors (Lipinski definition) is 0. The molecular formula is C24H27N5O5S. The lowest BCUT2D eigenvalue weighted by molar-refractivity contribution is 0.375. The number of piperazine rings is 1. The first kappa shape index (κ1) is 23.3. The van der Waals surface area contributed by atoms with Gasteiger partial charge in [-0.05, 0) is 43.2 Å². The van der Waals surface area contributed by atoms with Gasteiger partial charge in [0.25, 0.3) is 0 Å². The maximum Gasteiger partial charge on any atom is 0.420 e. The Balaban J connectivity index is 1.36. The molecule has 0 saturated carbocycles. The largest absolute Gasteiger partial charge is 0.420 e. The highest BCUT2D eigenvalue weighted by Gasteiger charge is 2.30. The Bertz CT molecular complexity index is 1540. The molecule has 10 nitrogen and oxygen atoms in total. The van der Waals surface area contributed by atoms with Crippen molar-refractivity contribution in [2.24, 2.45) is 0 Å². The second-order valence-corrected chi connectivity index (χ2v) is 10.7. The zero-order valence-corrected chi connectivity index (χ0v) is 20.7. The molecule has 5 rings (SSSR count). The highest BCUT2D eigenvalue weighted by atomic mass is 32.2. The van der Waals surface area contributed by atoms with Crippen molar-refractivity contribution in [3.8, 4) is 0 Å². The number of nitrogens with zero attached hydrogens (tertiary/aromatic N) is 5. The van der Waals surface area contributed by atoms with Crippen molar-refractivity contribution < 1.29 is 17.4 Å². The lowest BCUT2D eigenvalue weighted by Gasteiger charge is -2.36. The third kappa shape index (κ3) is 4.37. The maximum atomic E-state index is 13.4. The lowest BCUT2D eigenvalue weighted by atomic mass is 10.1. The molecule has 1 aliphatic heterocycles. The summed E-state index contributed by atoms with van der Waals surface area (Å²) in [7, 11) is -3.74. The van der Waals surface area contributed by atoms with Gasteiger partial charge in [-0.2, -0.15) is 9.29 Å². The fourth-order valence-corrected chi connectivity index (χ4v) is 5.81. The molecule has 0 atom stereocenters. The minimum Gasteiger partial charge on any atom is -0.408 e. The van der Waals surface area contributed by atoms with Crippen LogP contribution < -0.4 is 10.7 Å². The first-order valence-corrected chi connectivity index (χ1v) is 13.0. The van der Waals surface area contributed by atoms with Crippen LogP contribution in [0.3, 0.4) is 0 Å². The molecule has 0 aliphatic carbocycles. The van der Waals surface area contributed by atoms with Crippen molar-refractivity contribution >= 4 is 26.8 Å². The molecule has 1 fully saturated rings. The van der Waals surface area contributed by atoms with E-state index < -0.39 is 15.8 Å². The van der Waals surface area contributed by atoms with Crippen molar-refractivity contribution in [2.45, 2.75) is 38.6 Å². The fraction of sp³-hybridized carbons (Fsp3) is 0.375. The molecule has 0 spiro atoms. The van der Waals surface area contributed by atoms with Crippen LogP contribution in [0.15, 0.2) is 55.0 Å². The molecule has 2 aromatic carbocycles. The predicted molar refractivity (Wildman–Crippen MR) is 130 cm³/mol. The molecule has 0 radical (unpaired) electrons. The van der Waals surface area contributed by atoms with E-state index in [1.165, 1.54) is 32.1 Å². The average Bonchev–Trinajstić information content (AvgIpc) is 3.44. The smallest absolute Gasteiger partial charge is 0.408 e. The second kappa shape index (κ2) is 8.97. The Labute approximate surface area is 202 Å². The monoisotopic (exact) mass is 497 g/mol. The van der Waals surface area contributed by atoms with E-state index >= 15 is 0 Å². The molecule has 1 aliphatic rings. The van der Waals surface area contributed by atoms with E-state index in [-0.39, 0.29) is 17.0 Å². The van der Waals surface area contributed by atoms with Crippen molar-refractivity contribution in [1.29, 1.82) is 0 Å². The summed E-state index contributed by atoms with van der Waals surface area (Å²) >= 11 is 0. The predicted octanol–water partition coefficient (Wildman–Crippen LogP) is 2.72. The van der Waals surface area contributed by atoms with E-state index in [0.717, 1.165) is 5.69 Å². The SMILES string of the molecule is CCc1nc(Cn2c(=O)oc3cc(S(=O)(=O)N4CCN(c5cc(C)ccc5C)CC4)ccc32)no1. The van der Waals surface area contributed by atoms with Crippen LogP contribution >= 0.6 is 0 Å². The Kier molecular flexibility index (Phi) is 5.97. The zero-order chi connectivity index (χ0) is 24.7. The standard InChI is InChI=1S/C24H27N5O5S/c1-4-23-25-22(26-34-23)15-29-19-8-7-18(14-21(19)33-24(29)30)35(31,32)28-11-9-27(10-12-28)20-13-16(2)5-6-17(20)3/h5-8,13-14H,4,9-12,15H2,1-3H3. The zero-order valence-electron chi connectivity index (χ0n) is 19.9. The van der Waals surface area contributed by atoms with Gasteiger partial charge in [0.1, 0.15) is 0 Å². The number of benzene rings is 2. The van der Waals surface area contributed by atoms with Crippen molar-refractivity contribution in [1.82, 2.24) is 19.0 Å². The lowest BCUT2D eigenvalue weighted by Crippen LogP contribution is -2.48. The summed E-state index contributed by atoms with van der Waals surface area (Å²) in [6, 6.07) is 10.8. The molecule has 0 unspecified atom stereocenters. The summed E-state index contributed by atoms with van der Waals surface area (Å²) in [6.07, 6.45) is 0.591. The molecule has 3 heterocycles. The number of aromatic nitrogens is 3. The average molecular weight is 498 g/mol. The first-order chi connectivity index (χ1) is 16.8. The van der Waals surface area contributed by atoms with Gasteiger partial charge >= 0.3 is 5.76 Å². The molecule has 11 heteroatoms. The van der Waals surface area contributed by atoms with Crippen LogP contribution in [0.1, 0.15) is 29.8 Å². The topological polar surface area (TPSA) is 115 Å². The molecule has 184 valence electrons. The van der Waals surface area contributed by atoms with Crippen molar-refractivity contribution in [2.75, 3.05) is 31.1 Å². The van der Waals surface area contributed by atoms with Crippen LogP contribution in [0.25, 0.3) is 11.1 Å². The van der Waals surface area contributed by atoms with Crippen LogP contribution in [-0.2, 0) is 23.0 Å². The number of rotatable bonds is 6. The van der Waals surface area contributed by atoms with Crippen LogP contribution in [-0.4, -0.2) is 53.6 Å². The van der Waals surface area contributed by atoms with E-state index in [0.29, 0.717) is 49.8 Å². The normalized spacial score (nSPS) is 15.2. The van der Waals surface area contributed by atoms with Crippen LogP contribution in [0, 0.1) is 13.8 Å². The first-order valence-electron chi connectivity index (χ1n) is 11.5. The molecule has 0 bridgehead atoms. The summed E-state index contributed by atoms with van der Waals surface area (Å²) in [4.78, 5) is 19.0. The summed E-state index contributed by atoms with van der Waals surface area (Å²) in [5.41, 5.74) is 4.15. The highest BCUT2D eigenvalue weighted by molar-refractivity contribution is 7.89. The van der Waals surface area contributed by atoms with Crippen LogP contribution in [0.5, 0.6) is 0 Å². The maximum absolute atomic E-state index is 13.4. The van der Waals surface area contributed by atoms with Gasteiger partial charge in [0.05, 0.1) is 17.0 Å². The minimum absolute atomic E-state index is 0.0712. The summed E-state index contributed by atoms with van der Waals surface area (Å²) < 4.78 is 40.0. The van der Waals surface area contributed by atoms with Gasteiger partial charge in [-0.25, -0.2) is 13.2 Å². The van der Waals surface area contributed by atoms with Gasteiger partial charge in [0.15, 0.2) is 11.4 Å². The number of hydrogen-bond acceptors (Lipinski definition) is 8. The molecule has 4 aromatic rings. The van der Waals surface area contributed by atoms with E-state index in [4.69, 9.17) is 8.94 Å². The quantitative estimate of drug-likeness (QED) is 0.399. The third-order valence-corrected chi connectivity index (χ3v) is 8.23. The molecule has 2 aromatic heterocycles. The molecule has 0 amide bonds. The minimum atomic E-state index is -3.74. The molecule has 0 N–H and O–H groups in total. The van der Waals surface area contributed by atoms with Gasteiger partial charge in [-0.3, -0.25) is 4.57 Å². The molecular weight excluding hydrogens is 470 g/mol. The number of fused-ring (bicyclic) bond motifs is 1. The Morgan fingerprint density at radius 3 is 2.51 bits per heavy atom. The van der Waals surface area contributed by atoms with E-state index in [2.05, 4.69) is 47.1 Å². The summed E-state index contributed by atoms with van der Waals surface area (Å²) in [6.45, 7) is 8.02. The summed E-state index contributed by atoms with van der Waals surface area (Å²) in [5.74, 6) is 0.219. The fourth-order valence-electron chi connectivity index (χ4n) is 4.37. The van der Waals surface area contributed by atoms with E-state index in [1.807, 2.05) is 6.92 Å². The van der Waals surface area contributed by atoms with Gasteiger partial charge in [0, 0.05) is 44.4 Å². The van der Waals surface area contributed by atoms with Gasteiger partial charge in [-0.1, -0.05) is 24.2 Å².